The molecule has 0 saturated carbocycles. The summed E-state index contributed by atoms with van der Waals surface area (Å²) in [7, 11) is 0. The van der Waals surface area contributed by atoms with Gasteiger partial charge in [-0.05, 0) is 6.92 Å². The van der Waals surface area contributed by atoms with Crippen molar-refractivity contribution in [2.75, 3.05) is 19.8 Å². The zero-order chi connectivity index (χ0) is 8.97. The van der Waals surface area contributed by atoms with Crippen molar-refractivity contribution in [3.05, 3.63) is 0 Å². The van der Waals surface area contributed by atoms with Gasteiger partial charge >= 0.3 is 6.09 Å². The van der Waals surface area contributed by atoms with Gasteiger partial charge in [-0.1, -0.05) is 0 Å². The molecular weight excluding hydrogens is 162 g/mol. The molecule has 0 aliphatic carbocycles. The van der Waals surface area contributed by atoms with Crippen molar-refractivity contribution in [3.63, 3.8) is 0 Å². The third-order valence-corrected chi connectivity index (χ3v) is 1.44. The van der Waals surface area contributed by atoms with Gasteiger partial charge in [0.2, 0.25) is 0 Å². The third kappa shape index (κ3) is 4.15. The summed E-state index contributed by atoms with van der Waals surface area (Å²) in [5, 5.41) is 10.6. The van der Waals surface area contributed by atoms with E-state index in [1.54, 1.807) is 6.92 Å². The fourth-order valence-corrected chi connectivity index (χ4v) is 0.793. The van der Waals surface area contributed by atoms with Crippen molar-refractivity contribution in [3.8, 4) is 0 Å². The topological polar surface area (TPSA) is 71.1 Å². The van der Waals surface area contributed by atoms with Crippen LogP contribution in [0.25, 0.3) is 0 Å². The number of carbonyl (C=O) groups is 1. The second-order valence-electron chi connectivity index (χ2n) is 2.84. The quantitative estimate of drug-likeness (QED) is 0.579. The summed E-state index contributed by atoms with van der Waals surface area (Å²) in [6.07, 6.45) is -0.782. The molecular formula is C7H13NO4. The van der Waals surface area contributed by atoms with E-state index in [4.69, 9.17) is 14.6 Å². The lowest BCUT2D eigenvalue weighted by molar-refractivity contribution is 0.0986. The van der Waals surface area contributed by atoms with Crippen LogP contribution in [0.1, 0.15) is 6.92 Å². The second-order valence-corrected chi connectivity index (χ2v) is 2.84. The molecule has 12 heavy (non-hydrogen) atoms. The normalized spacial score (nSPS) is 23.2. The largest absolute Gasteiger partial charge is 0.465 e. The van der Waals surface area contributed by atoms with E-state index >= 15 is 0 Å². The highest BCUT2D eigenvalue weighted by Gasteiger charge is 2.22. The summed E-state index contributed by atoms with van der Waals surface area (Å²) < 4.78 is 10.1. The molecule has 1 amide bonds. The maximum absolute atomic E-state index is 10.1. The summed E-state index contributed by atoms with van der Waals surface area (Å²) in [5.74, 6) is 0. The molecule has 0 spiro atoms. The molecule has 1 aliphatic rings. The van der Waals surface area contributed by atoms with Gasteiger partial charge < -0.3 is 19.9 Å². The standard InChI is InChI=1S/C7H13NO4/c1-5(8-7(9)10)2-11-3-6-4-12-6/h5-6,8H,2-4H2,1H3,(H,9,10)/t5-,6?/m1/s1. The molecule has 2 N–H and O–H groups in total. The first-order valence-electron chi connectivity index (χ1n) is 3.87. The Morgan fingerprint density at radius 1 is 1.92 bits per heavy atom. The maximum atomic E-state index is 10.1. The van der Waals surface area contributed by atoms with Gasteiger partial charge in [-0.15, -0.1) is 0 Å². The number of rotatable bonds is 5. The lowest BCUT2D eigenvalue weighted by Gasteiger charge is -2.10. The Hall–Kier alpha value is -0.810. The maximum Gasteiger partial charge on any atom is 0.404 e. The van der Waals surface area contributed by atoms with Crippen LogP contribution in [-0.2, 0) is 9.47 Å². The number of amides is 1. The monoisotopic (exact) mass is 175 g/mol. The molecule has 1 fully saturated rings. The van der Waals surface area contributed by atoms with Crippen molar-refractivity contribution in [2.45, 2.75) is 19.1 Å². The molecule has 5 heteroatoms. The van der Waals surface area contributed by atoms with Gasteiger partial charge in [-0.3, -0.25) is 0 Å². The van der Waals surface area contributed by atoms with Crippen LogP contribution in [0.3, 0.4) is 0 Å². The van der Waals surface area contributed by atoms with Crippen molar-refractivity contribution in [1.82, 2.24) is 5.32 Å². The Morgan fingerprint density at radius 2 is 2.58 bits per heavy atom. The Kier molecular flexibility index (Phi) is 3.31. The van der Waals surface area contributed by atoms with E-state index in [9.17, 15) is 4.79 Å². The van der Waals surface area contributed by atoms with Gasteiger partial charge in [-0.2, -0.15) is 0 Å². The molecule has 0 aromatic rings. The van der Waals surface area contributed by atoms with Crippen LogP contribution in [0.15, 0.2) is 0 Å². The Morgan fingerprint density at radius 3 is 3.08 bits per heavy atom. The minimum atomic E-state index is -1.02. The average Bonchev–Trinajstić information content (AvgIpc) is 2.69. The molecule has 0 aromatic carbocycles. The van der Waals surface area contributed by atoms with Crippen molar-refractivity contribution >= 4 is 6.09 Å². The molecule has 1 saturated heterocycles. The zero-order valence-electron chi connectivity index (χ0n) is 6.95. The first-order valence-corrected chi connectivity index (χ1v) is 3.87. The summed E-state index contributed by atoms with van der Waals surface area (Å²) in [6, 6.07) is -0.166. The van der Waals surface area contributed by atoms with Crippen LogP contribution in [0, 0.1) is 0 Å². The smallest absolute Gasteiger partial charge is 0.404 e. The van der Waals surface area contributed by atoms with Gasteiger partial charge in [0.05, 0.1) is 25.9 Å². The summed E-state index contributed by atoms with van der Waals surface area (Å²) in [6.45, 7) is 3.47. The van der Waals surface area contributed by atoms with E-state index in [2.05, 4.69) is 5.32 Å². The number of epoxide rings is 1. The Bertz CT molecular complexity index is 157. The number of carboxylic acid groups (broad SMARTS) is 1. The van der Waals surface area contributed by atoms with E-state index < -0.39 is 6.09 Å². The lowest BCUT2D eigenvalue weighted by Crippen LogP contribution is -2.35. The molecule has 1 aliphatic heterocycles. The predicted molar refractivity (Wildman–Crippen MR) is 41.2 cm³/mol. The van der Waals surface area contributed by atoms with Crippen LogP contribution >= 0.6 is 0 Å². The summed E-state index contributed by atoms with van der Waals surface area (Å²) in [4.78, 5) is 10.1. The van der Waals surface area contributed by atoms with Crippen LogP contribution in [0.4, 0.5) is 4.79 Å². The molecule has 2 atom stereocenters. The highest BCUT2D eigenvalue weighted by molar-refractivity contribution is 5.64. The van der Waals surface area contributed by atoms with E-state index in [1.807, 2.05) is 0 Å². The molecule has 70 valence electrons. The van der Waals surface area contributed by atoms with Crippen molar-refractivity contribution in [1.29, 1.82) is 0 Å². The number of ether oxygens (including phenoxy) is 2. The summed E-state index contributed by atoms with van der Waals surface area (Å²) >= 11 is 0. The minimum absolute atomic E-state index is 0.166. The fraction of sp³-hybridized carbons (Fsp3) is 0.857. The van der Waals surface area contributed by atoms with E-state index in [-0.39, 0.29) is 12.1 Å². The van der Waals surface area contributed by atoms with Gasteiger partial charge in [-0.25, -0.2) is 4.79 Å². The van der Waals surface area contributed by atoms with Crippen LogP contribution in [0.5, 0.6) is 0 Å². The SMILES string of the molecule is C[C@H](COCC1CO1)NC(=O)O. The lowest BCUT2D eigenvalue weighted by atomic mass is 10.4. The van der Waals surface area contributed by atoms with E-state index in [1.165, 1.54) is 0 Å². The van der Waals surface area contributed by atoms with E-state index in [0.29, 0.717) is 13.2 Å². The molecule has 0 bridgehead atoms. The van der Waals surface area contributed by atoms with Crippen LogP contribution in [-0.4, -0.2) is 43.2 Å². The highest BCUT2D eigenvalue weighted by Crippen LogP contribution is 2.08. The first-order chi connectivity index (χ1) is 5.68. The molecule has 1 heterocycles. The number of hydrogen-bond acceptors (Lipinski definition) is 3. The van der Waals surface area contributed by atoms with Crippen molar-refractivity contribution in [2.24, 2.45) is 0 Å². The van der Waals surface area contributed by atoms with Gasteiger partial charge in [0, 0.05) is 0 Å². The minimum Gasteiger partial charge on any atom is -0.465 e. The van der Waals surface area contributed by atoms with Gasteiger partial charge in [0.15, 0.2) is 0 Å². The van der Waals surface area contributed by atoms with Gasteiger partial charge in [0.1, 0.15) is 6.10 Å². The zero-order valence-corrected chi connectivity index (χ0v) is 6.95. The molecule has 1 unspecified atom stereocenters. The molecule has 5 nitrogen and oxygen atoms in total. The molecule has 0 radical (unpaired) electrons. The van der Waals surface area contributed by atoms with Crippen molar-refractivity contribution < 1.29 is 19.4 Å². The average molecular weight is 175 g/mol. The van der Waals surface area contributed by atoms with Gasteiger partial charge in [0.25, 0.3) is 0 Å². The van der Waals surface area contributed by atoms with E-state index in [0.717, 1.165) is 6.61 Å². The van der Waals surface area contributed by atoms with Crippen LogP contribution < -0.4 is 5.32 Å². The highest BCUT2D eigenvalue weighted by atomic mass is 16.6. The Labute approximate surface area is 70.7 Å². The molecule has 1 rings (SSSR count). The summed E-state index contributed by atoms with van der Waals surface area (Å²) in [5.41, 5.74) is 0. The second kappa shape index (κ2) is 4.27. The fourth-order valence-electron chi connectivity index (χ4n) is 0.793. The van der Waals surface area contributed by atoms with Crippen LogP contribution in [0.2, 0.25) is 0 Å². The molecule has 0 aromatic heterocycles. The number of nitrogens with one attached hydrogen (secondary N) is 1. The third-order valence-electron chi connectivity index (χ3n) is 1.44. The Balaban J connectivity index is 1.93. The number of hydrogen-bond donors (Lipinski definition) is 2. The first kappa shape index (κ1) is 9.28. The predicted octanol–water partition coefficient (Wildman–Crippen LogP) is 0.0579.